The van der Waals surface area contributed by atoms with Crippen LogP contribution in [0.5, 0.6) is 0 Å². The normalized spacial score (nSPS) is 16.1. The van der Waals surface area contributed by atoms with Crippen molar-refractivity contribution in [3.8, 4) is 0 Å². The molecule has 1 heterocycles. The van der Waals surface area contributed by atoms with E-state index < -0.39 is 0 Å². The second-order valence-electron chi connectivity index (χ2n) is 5.48. The minimum Gasteiger partial charge on any atom is -0.382 e. The zero-order valence-electron chi connectivity index (χ0n) is 12.3. The third kappa shape index (κ3) is 4.53. The minimum atomic E-state index is 0.801. The van der Waals surface area contributed by atoms with E-state index in [9.17, 15) is 0 Å². The van der Waals surface area contributed by atoms with Gasteiger partial charge < -0.3 is 14.6 Å². The third-order valence-corrected chi connectivity index (χ3v) is 3.81. The lowest BCUT2D eigenvalue weighted by molar-refractivity contribution is 0.142. The second kappa shape index (κ2) is 7.53. The lowest BCUT2D eigenvalue weighted by Gasteiger charge is -2.13. The summed E-state index contributed by atoms with van der Waals surface area (Å²) in [6.07, 6.45) is 8.71. The Kier molecular flexibility index (Phi) is 5.70. The topological polar surface area (TPSA) is 39.1 Å². The molecule has 0 unspecified atom stereocenters. The summed E-state index contributed by atoms with van der Waals surface area (Å²) in [5.74, 6) is 1.87. The summed E-state index contributed by atoms with van der Waals surface area (Å²) in [7, 11) is 0. The van der Waals surface area contributed by atoms with Crippen LogP contribution in [0.2, 0.25) is 0 Å². The van der Waals surface area contributed by atoms with E-state index in [-0.39, 0.29) is 0 Å². The summed E-state index contributed by atoms with van der Waals surface area (Å²) < 4.78 is 7.61. The molecule has 0 amide bonds. The van der Waals surface area contributed by atoms with Crippen molar-refractivity contribution in [1.82, 2.24) is 9.55 Å². The van der Waals surface area contributed by atoms with E-state index >= 15 is 0 Å². The van der Waals surface area contributed by atoms with Crippen molar-refractivity contribution in [3.63, 3.8) is 0 Å². The first kappa shape index (κ1) is 14.4. The molecule has 1 aromatic heterocycles. The Bertz CT molecular complexity index is 369. The molecule has 0 radical (unpaired) electrons. The summed E-state index contributed by atoms with van der Waals surface area (Å²) in [5.41, 5.74) is 1.09. The maximum absolute atomic E-state index is 5.39. The van der Waals surface area contributed by atoms with Gasteiger partial charge in [-0.1, -0.05) is 12.8 Å². The van der Waals surface area contributed by atoms with E-state index in [1.54, 1.807) is 0 Å². The Morgan fingerprint density at radius 3 is 2.95 bits per heavy atom. The molecule has 0 aromatic carbocycles. The monoisotopic (exact) mass is 265 g/mol. The van der Waals surface area contributed by atoms with Crippen LogP contribution in [0.15, 0.2) is 6.20 Å². The Balaban J connectivity index is 1.80. The predicted octanol–water partition coefficient (Wildman–Crippen LogP) is 3.22. The fourth-order valence-electron chi connectivity index (χ4n) is 2.79. The zero-order chi connectivity index (χ0) is 13.5. The van der Waals surface area contributed by atoms with E-state index in [2.05, 4.69) is 28.0 Å². The van der Waals surface area contributed by atoms with Crippen molar-refractivity contribution in [2.24, 2.45) is 5.92 Å². The van der Waals surface area contributed by atoms with Gasteiger partial charge in [-0.25, -0.2) is 4.98 Å². The molecule has 1 fully saturated rings. The first-order chi connectivity index (χ1) is 9.29. The van der Waals surface area contributed by atoms with Crippen molar-refractivity contribution in [2.45, 2.75) is 52.5 Å². The van der Waals surface area contributed by atoms with E-state index in [4.69, 9.17) is 4.74 Å². The standard InChI is InChI=1S/C15H27N3O/c1-3-19-10-6-9-18-12-13(2)17-15(18)16-11-14-7-4-5-8-14/h12,14H,3-11H2,1-2H3,(H,16,17). The van der Waals surface area contributed by atoms with E-state index in [0.717, 1.165) is 50.3 Å². The molecule has 1 N–H and O–H groups in total. The van der Waals surface area contributed by atoms with Crippen LogP contribution >= 0.6 is 0 Å². The van der Waals surface area contributed by atoms with Crippen LogP contribution in [-0.2, 0) is 11.3 Å². The summed E-state index contributed by atoms with van der Waals surface area (Å²) in [4.78, 5) is 4.58. The largest absolute Gasteiger partial charge is 0.382 e. The average molecular weight is 265 g/mol. The average Bonchev–Trinajstić information content (AvgIpc) is 3.02. The van der Waals surface area contributed by atoms with Gasteiger partial charge in [0.1, 0.15) is 0 Å². The van der Waals surface area contributed by atoms with Crippen molar-refractivity contribution in [3.05, 3.63) is 11.9 Å². The number of aryl methyl sites for hydroxylation is 2. The Morgan fingerprint density at radius 1 is 1.42 bits per heavy atom. The molecule has 0 bridgehead atoms. The Labute approximate surface area is 116 Å². The van der Waals surface area contributed by atoms with Gasteiger partial charge in [0.15, 0.2) is 0 Å². The number of imidazole rings is 1. The molecule has 1 aliphatic carbocycles. The van der Waals surface area contributed by atoms with Gasteiger partial charge in [0, 0.05) is 32.5 Å². The molecule has 1 aliphatic rings. The molecular formula is C15H27N3O. The lowest BCUT2D eigenvalue weighted by atomic mass is 10.1. The smallest absolute Gasteiger partial charge is 0.203 e. The number of aromatic nitrogens is 2. The number of rotatable bonds is 8. The van der Waals surface area contributed by atoms with Crippen LogP contribution in [0.25, 0.3) is 0 Å². The van der Waals surface area contributed by atoms with Crippen molar-refractivity contribution < 1.29 is 4.74 Å². The first-order valence-electron chi connectivity index (χ1n) is 7.65. The van der Waals surface area contributed by atoms with E-state index in [0.29, 0.717) is 0 Å². The highest BCUT2D eigenvalue weighted by Crippen LogP contribution is 2.24. The Morgan fingerprint density at radius 2 is 2.21 bits per heavy atom. The van der Waals surface area contributed by atoms with Crippen LogP contribution in [-0.4, -0.2) is 29.3 Å². The maximum atomic E-state index is 5.39. The molecule has 108 valence electrons. The van der Waals surface area contributed by atoms with Crippen LogP contribution in [0.3, 0.4) is 0 Å². The molecule has 2 rings (SSSR count). The zero-order valence-corrected chi connectivity index (χ0v) is 12.3. The number of hydrogen-bond donors (Lipinski definition) is 1. The molecule has 1 saturated carbocycles. The third-order valence-electron chi connectivity index (χ3n) is 3.81. The van der Waals surface area contributed by atoms with Gasteiger partial charge in [-0.2, -0.15) is 0 Å². The molecule has 4 heteroatoms. The van der Waals surface area contributed by atoms with Crippen molar-refractivity contribution >= 4 is 5.95 Å². The molecule has 0 aliphatic heterocycles. The molecule has 0 spiro atoms. The van der Waals surface area contributed by atoms with Gasteiger partial charge in [0.25, 0.3) is 0 Å². The first-order valence-corrected chi connectivity index (χ1v) is 7.65. The quantitative estimate of drug-likeness (QED) is 0.734. The van der Waals surface area contributed by atoms with Crippen LogP contribution < -0.4 is 5.32 Å². The van der Waals surface area contributed by atoms with Crippen LogP contribution in [0, 0.1) is 12.8 Å². The number of ether oxygens (including phenoxy) is 1. The molecule has 19 heavy (non-hydrogen) atoms. The molecule has 4 nitrogen and oxygen atoms in total. The van der Waals surface area contributed by atoms with Crippen molar-refractivity contribution in [1.29, 1.82) is 0 Å². The lowest BCUT2D eigenvalue weighted by Crippen LogP contribution is -2.15. The van der Waals surface area contributed by atoms with Crippen LogP contribution in [0.4, 0.5) is 5.95 Å². The fraction of sp³-hybridized carbons (Fsp3) is 0.800. The summed E-state index contributed by atoms with van der Waals surface area (Å²) in [6, 6.07) is 0. The number of hydrogen-bond acceptors (Lipinski definition) is 3. The van der Waals surface area contributed by atoms with Gasteiger partial charge in [-0.05, 0) is 39.0 Å². The van der Waals surface area contributed by atoms with Gasteiger partial charge >= 0.3 is 0 Å². The number of nitrogens with zero attached hydrogens (tertiary/aromatic N) is 2. The summed E-state index contributed by atoms with van der Waals surface area (Å²) >= 11 is 0. The highest BCUT2D eigenvalue weighted by Gasteiger charge is 2.15. The highest BCUT2D eigenvalue weighted by molar-refractivity contribution is 5.28. The highest BCUT2D eigenvalue weighted by atomic mass is 16.5. The summed E-state index contributed by atoms with van der Waals surface area (Å²) in [5, 5.41) is 3.53. The van der Waals surface area contributed by atoms with Gasteiger partial charge in [-0.3, -0.25) is 0 Å². The SMILES string of the molecule is CCOCCCn1cc(C)nc1NCC1CCCC1. The van der Waals surface area contributed by atoms with Gasteiger partial charge in [0.05, 0.1) is 5.69 Å². The van der Waals surface area contributed by atoms with Gasteiger partial charge in [-0.15, -0.1) is 0 Å². The molecule has 1 aromatic rings. The summed E-state index contributed by atoms with van der Waals surface area (Å²) in [6.45, 7) is 7.77. The number of nitrogens with one attached hydrogen (secondary N) is 1. The minimum absolute atomic E-state index is 0.801. The molecule has 0 atom stereocenters. The number of anilines is 1. The maximum Gasteiger partial charge on any atom is 0.203 e. The fourth-order valence-corrected chi connectivity index (χ4v) is 2.79. The van der Waals surface area contributed by atoms with E-state index in [1.807, 2.05) is 6.92 Å². The molecule has 0 saturated heterocycles. The van der Waals surface area contributed by atoms with Crippen LogP contribution in [0.1, 0.15) is 44.7 Å². The Hall–Kier alpha value is -1.03. The second-order valence-corrected chi connectivity index (χ2v) is 5.48. The molecular weight excluding hydrogens is 238 g/mol. The van der Waals surface area contributed by atoms with Gasteiger partial charge in [0.2, 0.25) is 5.95 Å². The van der Waals surface area contributed by atoms with E-state index in [1.165, 1.54) is 25.7 Å². The predicted molar refractivity (Wildman–Crippen MR) is 78.5 cm³/mol. The van der Waals surface area contributed by atoms with Crippen molar-refractivity contribution in [2.75, 3.05) is 25.1 Å².